The first-order valence-corrected chi connectivity index (χ1v) is 8.80. The van der Waals surface area contributed by atoms with Crippen molar-refractivity contribution in [3.8, 4) is 11.4 Å². The van der Waals surface area contributed by atoms with E-state index in [1.54, 1.807) is 18.3 Å². The summed E-state index contributed by atoms with van der Waals surface area (Å²) in [6.07, 6.45) is 1.75. The summed E-state index contributed by atoms with van der Waals surface area (Å²) in [5.41, 5.74) is 2.80. The van der Waals surface area contributed by atoms with Gasteiger partial charge in [-0.05, 0) is 44.2 Å². The second kappa shape index (κ2) is 6.99. The van der Waals surface area contributed by atoms with Crippen molar-refractivity contribution in [3.63, 3.8) is 0 Å². The normalized spacial score (nSPS) is 11.1. The van der Waals surface area contributed by atoms with Crippen molar-refractivity contribution in [1.29, 1.82) is 0 Å². The third kappa shape index (κ3) is 3.42. The van der Waals surface area contributed by atoms with E-state index in [4.69, 9.17) is 0 Å². The first kappa shape index (κ1) is 16.9. The van der Waals surface area contributed by atoms with Gasteiger partial charge in [0.25, 0.3) is 5.91 Å². The number of carbonyl (C=O) groups excluding carboxylic acids is 1. The Bertz CT molecular complexity index is 1120. The molecule has 3 heterocycles. The summed E-state index contributed by atoms with van der Waals surface area (Å²) < 4.78 is 1.90. The summed E-state index contributed by atoms with van der Waals surface area (Å²) in [6.45, 7) is 4.13. The minimum Gasteiger partial charge on any atom is -0.305 e. The minimum atomic E-state index is -0.289. The molecule has 1 aromatic carbocycles. The highest BCUT2D eigenvalue weighted by Crippen LogP contribution is 2.22. The van der Waals surface area contributed by atoms with Crippen LogP contribution in [0.25, 0.3) is 22.3 Å². The van der Waals surface area contributed by atoms with Gasteiger partial charge in [0.2, 0.25) is 0 Å². The highest BCUT2D eigenvalue weighted by Gasteiger charge is 2.12. The second-order valence-electron chi connectivity index (χ2n) is 6.51. The van der Waals surface area contributed by atoms with E-state index >= 15 is 0 Å². The Labute approximate surface area is 156 Å². The fourth-order valence-electron chi connectivity index (χ4n) is 2.95. The first-order chi connectivity index (χ1) is 13.1. The quantitative estimate of drug-likeness (QED) is 0.590. The van der Waals surface area contributed by atoms with Gasteiger partial charge in [-0.3, -0.25) is 9.48 Å². The van der Waals surface area contributed by atoms with Gasteiger partial charge in [-0.15, -0.1) is 0 Å². The third-order valence-corrected chi connectivity index (χ3v) is 4.24. The number of nitrogens with zero attached hydrogens (tertiary/aromatic N) is 4. The zero-order valence-electron chi connectivity index (χ0n) is 15.1. The van der Waals surface area contributed by atoms with Crippen LogP contribution in [0.4, 0.5) is 5.82 Å². The molecule has 0 bridgehead atoms. The molecule has 134 valence electrons. The number of benzene rings is 1. The number of amides is 1. The molecule has 3 aromatic heterocycles. The molecule has 0 atom stereocenters. The molecular formula is C21H19N5O. The van der Waals surface area contributed by atoms with Crippen LogP contribution in [0.1, 0.15) is 30.4 Å². The van der Waals surface area contributed by atoms with Gasteiger partial charge in [-0.1, -0.05) is 30.3 Å². The molecule has 4 aromatic rings. The fraction of sp³-hybridized carbons (Fsp3) is 0.143. The smallest absolute Gasteiger partial charge is 0.275 e. The summed E-state index contributed by atoms with van der Waals surface area (Å²) in [7, 11) is 0. The van der Waals surface area contributed by atoms with E-state index in [0.717, 1.165) is 22.3 Å². The summed E-state index contributed by atoms with van der Waals surface area (Å²) in [6, 6.07) is 19.0. The zero-order chi connectivity index (χ0) is 18.8. The van der Waals surface area contributed by atoms with Gasteiger partial charge >= 0.3 is 0 Å². The van der Waals surface area contributed by atoms with Crippen LogP contribution >= 0.6 is 0 Å². The maximum Gasteiger partial charge on any atom is 0.275 e. The molecule has 6 nitrogen and oxygen atoms in total. The van der Waals surface area contributed by atoms with E-state index in [1.807, 2.05) is 53.2 Å². The molecule has 27 heavy (non-hydrogen) atoms. The molecule has 1 N–H and O–H groups in total. The maximum absolute atomic E-state index is 12.6. The molecule has 4 rings (SSSR count). The zero-order valence-corrected chi connectivity index (χ0v) is 15.1. The van der Waals surface area contributed by atoms with Gasteiger partial charge in [-0.25, -0.2) is 9.97 Å². The third-order valence-electron chi connectivity index (χ3n) is 4.24. The molecule has 0 unspecified atom stereocenters. The van der Waals surface area contributed by atoms with E-state index in [1.165, 1.54) is 0 Å². The van der Waals surface area contributed by atoms with Gasteiger partial charge in [0, 0.05) is 17.6 Å². The molecule has 0 spiro atoms. The lowest BCUT2D eigenvalue weighted by Gasteiger charge is -2.11. The van der Waals surface area contributed by atoms with E-state index in [-0.39, 0.29) is 11.9 Å². The van der Waals surface area contributed by atoms with Crippen molar-refractivity contribution in [1.82, 2.24) is 19.7 Å². The number of pyridine rings is 2. The standard InChI is InChI=1S/C21H19N5O/c1-14(2)26-19(12-13-22-26)17-8-5-9-20(24-17)25-21(27)18-11-10-15-6-3-4-7-16(15)23-18/h3-14H,1-2H3,(H,24,25,27). The minimum absolute atomic E-state index is 0.219. The number of aromatic nitrogens is 4. The van der Waals surface area contributed by atoms with Crippen molar-refractivity contribution in [2.75, 3.05) is 5.32 Å². The number of carbonyl (C=O) groups is 1. The molecule has 1 amide bonds. The molecule has 0 aliphatic rings. The first-order valence-electron chi connectivity index (χ1n) is 8.80. The SMILES string of the molecule is CC(C)n1nccc1-c1cccc(NC(=O)c2ccc3ccccc3n2)n1. The number of para-hydroxylation sites is 1. The number of fused-ring (bicyclic) bond motifs is 1. The van der Waals surface area contributed by atoms with Crippen molar-refractivity contribution in [2.45, 2.75) is 19.9 Å². The Morgan fingerprint density at radius 1 is 0.963 bits per heavy atom. The van der Waals surface area contributed by atoms with Gasteiger partial charge in [-0.2, -0.15) is 5.10 Å². The number of hydrogen-bond donors (Lipinski definition) is 1. The van der Waals surface area contributed by atoms with Crippen LogP contribution in [-0.2, 0) is 0 Å². The second-order valence-corrected chi connectivity index (χ2v) is 6.51. The van der Waals surface area contributed by atoms with Gasteiger partial charge in [0.15, 0.2) is 0 Å². The molecule has 0 radical (unpaired) electrons. The van der Waals surface area contributed by atoms with Crippen LogP contribution in [0.5, 0.6) is 0 Å². The highest BCUT2D eigenvalue weighted by molar-refractivity contribution is 6.03. The summed E-state index contributed by atoms with van der Waals surface area (Å²) in [4.78, 5) is 21.6. The van der Waals surface area contributed by atoms with Crippen molar-refractivity contribution in [2.24, 2.45) is 0 Å². The molecule has 0 aliphatic carbocycles. The van der Waals surface area contributed by atoms with E-state index in [2.05, 4.69) is 34.2 Å². The number of hydrogen-bond acceptors (Lipinski definition) is 4. The summed E-state index contributed by atoms with van der Waals surface area (Å²) >= 11 is 0. The van der Waals surface area contributed by atoms with Crippen molar-refractivity contribution in [3.05, 3.63) is 72.6 Å². The molecule has 0 saturated carbocycles. The summed E-state index contributed by atoms with van der Waals surface area (Å²) in [5, 5.41) is 8.17. The van der Waals surface area contributed by atoms with E-state index in [9.17, 15) is 4.79 Å². The number of anilines is 1. The topological polar surface area (TPSA) is 72.7 Å². The Hall–Kier alpha value is -3.54. The monoisotopic (exact) mass is 357 g/mol. The number of nitrogens with one attached hydrogen (secondary N) is 1. The maximum atomic E-state index is 12.6. The fourth-order valence-corrected chi connectivity index (χ4v) is 2.95. The summed E-state index contributed by atoms with van der Waals surface area (Å²) in [5.74, 6) is 0.187. The Kier molecular flexibility index (Phi) is 4.38. The predicted molar refractivity (Wildman–Crippen MR) is 106 cm³/mol. The lowest BCUT2D eigenvalue weighted by molar-refractivity contribution is 0.102. The average molecular weight is 357 g/mol. The van der Waals surface area contributed by atoms with Crippen LogP contribution in [-0.4, -0.2) is 25.7 Å². The lowest BCUT2D eigenvalue weighted by atomic mass is 10.2. The van der Waals surface area contributed by atoms with Gasteiger partial charge in [0.1, 0.15) is 11.5 Å². The lowest BCUT2D eigenvalue weighted by Crippen LogP contribution is -2.15. The van der Waals surface area contributed by atoms with Gasteiger partial charge in [0.05, 0.1) is 16.9 Å². The van der Waals surface area contributed by atoms with Crippen LogP contribution in [0.3, 0.4) is 0 Å². The average Bonchev–Trinajstić information content (AvgIpc) is 3.18. The molecule has 0 aliphatic heterocycles. The van der Waals surface area contributed by atoms with Crippen molar-refractivity contribution >= 4 is 22.6 Å². The van der Waals surface area contributed by atoms with E-state index in [0.29, 0.717) is 11.5 Å². The van der Waals surface area contributed by atoms with Crippen LogP contribution < -0.4 is 5.32 Å². The van der Waals surface area contributed by atoms with Crippen LogP contribution in [0.2, 0.25) is 0 Å². The highest BCUT2D eigenvalue weighted by atomic mass is 16.1. The Morgan fingerprint density at radius 2 is 1.81 bits per heavy atom. The largest absolute Gasteiger partial charge is 0.305 e. The van der Waals surface area contributed by atoms with Gasteiger partial charge < -0.3 is 5.32 Å². The van der Waals surface area contributed by atoms with E-state index < -0.39 is 0 Å². The molecule has 6 heteroatoms. The molecule has 0 fully saturated rings. The Balaban J connectivity index is 1.60. The number of rotatable bonds is 4. The van der Waals surface area contributed by atoms with Crippen molar-refractivity contribution < 1.29 is 4.79 Å². The molecular weight excluding hydrogens is 338 g/mol. The Morgan fingerprint density at radius 3 is 2.67 bits per heavy atom. The van der Waals surface area contributed by atoms with Crippen LogP contribution in [0, 0.1) is 0 Å². The predicted octanol–water partition coefficient (Wildman–Crippen LogP) is 4.33. The molecule has 0 saturated heterocycles. The van der Waals surface area contributed by atoms with Crippen LogP contribution in [0.15, 0.2) is 66.9 Å².